The molecular formula is C56H36N4. The first-order valence-corrected chi connectivity index (χ1v) is 20.4. The molecule has 4 heteroatoms. The fraction of sp³-hybridized carbons (Fsp3) is 0. The van der Waals surface area contributed by atoms with Gasteiger partial charge in [-0.05, 0) is 98.4 Å². The van der Waals surface area contributed by atoms with Crippen LogP contribution in [0.5, 0.6) is 0 Å². The van der Waals surface area contributed by atoms with Crippen LogP contribution in [0.4, 0.5) is 0 Å². The number of nitrogens with zero attached hydrogens (tertiary/aromatic N) is 4. The molecule has 0 saturated carbocycles. The molecule has 12 aromatic rings. The SMILES string of the molecule is c1ccc(-c2ccc3ccc(-c4c5cccc(-n6c(-c7ccccc7)nc7ccccc76)c5cc5c(-n6c(-c7ccccc7)nc7ccccc76)cccc45)cc3c2)cc1. The Morgan fingerprint density at radius 3 is 1.27 bits per heavy atom. The second kappa shape index (κ2) is 13.8. The van der Waals surface area contributed by atoms with E-state index < -0.39 is 0 Å². The highest BCUT2D eigenvalue weighted by Gasteiger charge is 2.22. The molecule has 12 rings (SSSR count). The number of fused-ring (bicyclic) bond motifs is 5. The van der Waals surface area contributed by atoms with Crippen molar-refractivity contribution in [2.75, 3.05) is 0 Å². The molecule has 4 nitrogen and oxygen atoms in total. The third kappa shape index (κ3) is 5.46. The zero-order chi connectivity index (χ0) is 39.6. The second-order valence-electron chi connectivity index (χ2n) is 15.4. The van der Waals surface area contributed by atoms with Gasteiger partial charge in [-0.25, -0.2) is 9.97 Å². The molecule has 0 saturated heterocycles. The van der Waals surface area contributed by atoms with E-state index >= 15 is 0 Å². The van der Waals surface area contributed by atoms with E-state index in [-0.39, 0.29) is 0 Å². The van der Waals surface area contributed by atoms with Crippen molar-refractivity contribution in [2.45, 2.75) is 0 Å². The molecule has 0 aliphatic heterocycles. The summed E-state index contributed by atoms with van der Waals surface area (Å²) < 4.78 is 4.69. The van der Waals surface area contributed by atoms with E-state index in [1.54, 1.807) is 0 Å². The number of aromatic nitrogens is 4. The monoisotopic (exact) mass is 764 g/mol. The lowest BCUT2D eigenvalue weighted by Crippen LogP contribution is -2.01. The Kier molecular flexibility index (Phi) is 7.82. The first-order valence-electron chi connectivity index (χ1n) is 20.4. The molecule has 0 bridgehead atoms. The van der Waals surface area contributed by atoms with Crippen molar-refractivity contribution >= 4 is 54.4 Å². The molecule has 0 amide bonds. The minimum Gasteiger partial charge on any atom is -0.292 e. The number of benzene rings is 10. The summed E-state index contributed by atoms with van der Waals surface area (Å²) in [6.45, 7) is 0. The number of hydrogen-bond acceptors (Lipinski definition) is 2. The molecule has 0 aliphatic rings. The van der Waals surface area contributed by atoms with Gasteiger partial charge < -0.3 is 0 Å². The van der Waals surface area contributed by atoms with Crippen LogP contribution in [0.1, 0.15) is 0 Å². The molecule has 60 heavy (non-hydrogen) atoms. The molecule has 0 N–H and O–H groups in total. The summed E-state index contributed by atoms with van der Waals surface area (Å²) in [4.78, 5) is 10.5. The van der Waals surface area contributed by atoms with Crippen molar-refractivity contribution in [3.63, 3.8) is 0 Å². The predicted molar refractivity (Wildman–Crippen MR) is 250 cm³/mol. The molecule has 0 atom stereocenters. The molecule has 280 valence electrons. The van der Waals surface area contributed by atoms with Crippen LogP contribution in [0.2, 0.25) is 0 Å². The molecule has 2 aromatic heterocycles. The molecule has 0 spiro atoms. The molecule has 0 fully saturated rings. The maximum absolute atomic E-state index is 5.26. The van der Waals surface area contributed by atoms with E-state index in [9.17, 15) is 0 Å². The van der Waals surface area contributed by atoms with Crippen LogP contribution in [0.15, 0.2) is 218 Å². The maximum atomic E-state index is 5.26. The third-order valence-corrected chi connectivity index (χ3v) is 11.9. The Hall–Kier alpha value is -8.08. The Labute approximate surface area is 346 Å². The Morgan fingerprint density at radius 2 is 0.733 bits per heavy atom. The minimum absolute atomic E-state index is 0.908. The van der Waals surface area contributed by atoms with Gasteiger partial charge in [-0.15, -0.1) is 0 Å². The van der Waals surface area contributed by atoms with Gasteiger partial charge >= 0.3 is 0 Å². The van der Waals surface area contributed by atoms with E-state index in [0.717, 1.165) is 72.6 Å². The summed E-state index contributed by atoms with van der Waals surface area (Å²) in [5, 5.41) is 7.02. The van der Waals surface area contributed by atoms with Gasteiger partial charge in [0.25, 0.3) is 0 Å². The van der Waals surface area contributed by atoms with Gasteiger partial charge in [0.15, 0.2) is 0 Å². The molecule has 0 radical (unpaired) electrons. The van der Waals surface area contributed by atoms with Crippen molar-refractivity contribution in [1.82, 2.24) is 19.1 Å². The fourth-order valence-electron chi connectivity index (χ4n) is 9.15. The average Bonchev–Trinajstić information content (AvgIpc) is 3.90. The first kappa shape index (κ1) is 34.0. The summed E-state index contributed by atoms with van der Waals surface area (Å²) in [5.74, 6) is 1.82. The largest absolute Gasteiger partial charge is 0.292 e. The van der Waals surface area contributed by atoms with E-state index in [0.29, 0.717) is 0 Å². The number of rotatable bonds is 6. The first-order chi connectivity index (χ1) is 29.8. The Bertz CT molecular complexity index is 3410. The van der Waals surface area contributed by atoms with Crippen molar-refractivity contribution in [1.29, 1.82) is 0 Å². The lowest BCUT2D eigenvalue weighted by atomic mass is 9.89. The molecule has 10 aromatic carbocycles. The van der Waals surface area contributed by atoms with Crippen LogP contribution in [0.25, 0.3) is 111 Å². The van der Waals surface area contributed by atoms with Crippen LogP contribution in [-0.2, 0) is 0 Å². The topological polar surface area (TPSA) is 35.6 Å². The van der Waals surface area contributed by atoms with Gasteiger partial charge in [-0.2, -0.15) is 0 Å². The van der Waals surface area contributed by atoms with E-state index in [1.807, 2.05) is 0 Å². The van der Waals surface area contributed by atoms with Crippen molar-refractivity contribution < 1.29 is 0 Å². The minimum atomic E-state index is 0.908. The number of hydrogen-bond donors (Lipinski definition) is 0. The quantitative estimate of drug-likeness (QED) is 0.158. The van der Waals surface area contributed by atoms with Gasteiger partial charge in [-0.3, -0.25) is 9.13 Å². The lowest BCUT2D eigenvalue weighted by molar-refractivity contribution is 1.11. The summed E-state index contributed by atoms with van der Waals surface area (Å²) in [6, 6.07) is 78.2. The summed E-state index contributed by atoms with van der Waals surface area (Å²) in [6.07, 6.45) is 0. The lowest BCUT2D eigenvalue weighted by Gasteiger charge is -2.20. The normalized spacial score (nSPS) is 11.7. The highest BCUT2D eigenvalue weighted by atomic mass is 15.1. The van der Waals surface area contributed by atoms with Crippen molar-refractivity contribution in [3.8, 4) is 56.4 Å². The standard InChI is InChI=1S/C56H36N4/c1-4-16-37(17-5-1)41-32-30-38-31-33-42(35-43(38)34-41)54-44-22-14-28-50(59-52-26-12-10-24-48(52)57-55(59)39-18-6-2-7-19-39)46(44)36-47-45(54)23-15-29-51(47)60-53-27-13-11-25-49(53)58-56(60)40-20-8-3-9-21-40/h1-36H. The number of imidazole rings is 2. The van der Waals surface area contributed by atoms with Gasteiger partial charge in [0, 0.05) is 21.9 Å². The summed E-state index contributed by atoms with van der Waals surface area (Å²) in [7, 11) is 0. The van der Waals surface area contributed by atoms with Gasteiger partial charge in [0.1, 0.15) is 11.6 Å². The third-order valence-electron chi connectivity index (χ3n) is 11.9. The maximum Gasteiger partial charge on any atom is 0.145 e. The fourth-order valence-corrected chi connectivity index (χ4v) is 9.15. The number of para-hydroxylation sites is 4. The van der Waals surface area contributed by atoms with Gasteiger partial charge in [0.2, 0.25) is 0 Å². The second-order valence-corrected chi connectivity index (χ2v) is 15.4. The average molecular weight is 765 g/mol. The molecule has 0 aliphatic carbocycles. The van der Waals surface area contributed by atoms with Gasteiger partial charge in [-0.1, -0.05) is 164 Å². The molecular weight excluding hydrogens is 729 g/mol. The van der Waals surface area contributed by atoms with Crippen LogP contribution >= 0.6 is 0 Å². The van der Waals surface area contributed by atoms with Crippen molar-refractivity contribution in [3.05, 3.63) is 218 Å². The van der Waals surface area contributed by atoms with Crippen LogP contribution < -0.4 is 0 Å². The Balaban J connectivity index is 1.21. The van der Waals surface area contributed by atoms with Crippen LogP contribution in [0.3, 0.4) is 0 Å². The Morgan fingerprint density at radius 1 is 0.283 bits per heavy atom. The zero-order valence-corrected chi connectivity index (χ0v) is 32.6. The van der Waals surface area contributed by atoms with Crippen LogP contribution in [0, 0.1) is 0 Å². The van der Waals surface area contributed by atoms with E-state index in [2.05, 4.69) is 228 Å². The zero-order valence-electron chi connectivity index (χ0n) is 32.6. The summed E-state index contributed by atoms with van der Waals surface area (Å²) in [5.41, 5.74) is 13.1. The highest BCUT2D eigenvalue weighted by molar-refractivity contribution is 6.17. The molecule has 2 heterocycles. The van der Waals surface area contributed by atoms with E-state index in [4.69, 9.17) is 9.97 Å². The highest BCUT2D eigenvalue weighted by Crippen LogP contribution is 2.44. The summed E-state index contributed by atoms with van der Waals surface area (Å²) >= 11 is 0. The smallest absolute Gasteiger partial charge is 0.145 e. The predicted octanol–water partition coefficient (Wildman–Crippen LogP) is 14.5. The van der Waals surface area contributed by atoms with E-state index in [1.165, 1.54) is 38.2 Å². The molecule has 0 unspecified atom stereocenters. The van der Waals surface area contributed by atoms with Crippen molar-refractivity contribution in [2.24, 2.45) is 0 Å². The van der Waals surface area contributed by atoms with Crippen LogP contribution in [-0.4, -0.2) is 19.1 Å². The van der Waals surface area contributed by atoms with Gasteiger partial charge in [0.05, 0.1) is 33.4 Å².